The predicted octanol–water partition coefficient (Wildman–Crippen LogP) is 4.94. The molecule has 4 rings (SSSR count). The van der Waals surface area contributed by atoms with E-state index in [-0.39, 0.29) is 5.91 Å². The number of para-hydroxylation sites is 1. The van der Waals surface area contributed by atoms with Crippen molar-refractivity contribution in [2.24, 2.45) is 0 Å². The average molecular weight is 487 g/mol. The molecule has 0 aliphatic carbocycles. The molecular weight excluding hydrogens is 472 g/mol. The van der Waals surface area contributed by atoms with Crippen molar-refractivity contribution in [3.63, 3.8) is 0 Å². The van der Waals surface area contributed by atoms with E-state index in [4.69, 9.17) is 21.7 Å². The molecular formula is C21H15BrN2O3S2. The highest BCUT2D eigenvalue weighted by molar-refractivity contribution is 9.10. The number of ether oxygens (including phenoxy) is 2. The number of nitrogens with zero attached hydrogens (tertiary/aromatic N) is 1. The van der Waals surface area contributed by atoms with Gasteiger partial charge in [0.25, 0.3) is 5.91 Å². The van der Waals surface area contributed by atoms with E-state index >= 15 is 0 Å². The van der Waals surface area contributed by atoms with Crippen LogP contribution in [0.2, 0.25) is 0 Å². The second-order valence-electron chi connectivity index (χ2n) is 6.06. The maximum atomic E-state index is 11.9. The number of benzene rings is 2. The molecule has 8 heteroatoms. The van der Waals surface area contributed by atoms with Crippen LogP contribution in [0.3, 0.4) is 0 Å². The molecule has 146 valence electrons. The molecule has 0 bridgehead atoms. The molecule has 0 saturated carbocycles. The first-order chi connectivity index (χ1) is 14.1. The van der Waals surface area contributed by atoms with E-state index in [9.17, 15) is 4.79 Å². The van der Waals surface area contributed by atoms with Gasteiger partial charge in [-0.3, -0.25) is 9.78 Å². The molecule has 1 N–H and O–H groups in total. The third-order valence-corrected chi connectivity index (χ3v) is 5.76. The number of aromatic nitrogens is 1. The zero-order valence-corrected chi connectivity index (χ0v) is 18.3. The van der Waals surface area contributed by atoms with E-state index in [1.54, 1.807) is 12.3 Å². The molecule has 0 atom stereocenters. The Morgan fingerprint density at radius 1 is 1.10 bits per heavy atom. The summed E-state index contributed by atoms with van der Waals surface area (Å²) in [7, 11) is 0. The first-order valence-corrected chi connectivity index (χ1v) is 10.8. The highest BCUT2D eigenvalue weighted by atomic mass is 79.9. The molecule has 1 aliphatic heterocycles. The van der Waals surface area contributed by atoms with Crippen molar-refractivity contribution in [1.82, 2.24) is 10.3 Å². The summed E-state index contributed by atoms with van der Waals surface area (Å²) in [6.07, 6.45) is 3.50. The summed E-state index contributed by atoms with van der Waals surface area (Å²) in [4.78, 5) is 16.8. The molecule has 1 amide bonds. The summed E-state index contributed by atoms with van der Waals surface area (Å²) < 4.78 is 13.2. The van der Waals surface area contributed by atoms with E-state index in [1.165, 1.54) is 11.8 Å². The summed E-state index contributed by atoms with van der Waals surface area (Å²) in [5, 5.41) is 3.58. The van der Waals surface area contributed by atoms with Crippen molar-refractivity contribution >= 4 is 67.1 Å². The van der Waals surface area contributed by atoms with E-state index < -0.39 is 0 Å². The quantitative estimate of drug-likeness (QED) is 0.302. The van der Waals surface area contributed by atoms with Gasteiger partial charge in [-0.15, -0.1) is 0 Å². The number of thiocarbonyl (C=S) groups is 1. The van der Waals surface area contributed by atoms with Gasteiger partial charge in [-0.05, 0) is 42.5 Å². The van der Waals surface area contributed by atoms with Gasteiger partial charge in [0.2, 0.25) is 0 Å². The van der Waals surface area contributed by atoms with Gasteiger partial charge in [-0.2, -0.15) is 0 Å². The number of hydrogen-bond acceptors (Lipinski definition) is 6. The smallest absolute Gasteiger partial charge is 0.263 e. The summed E-state index contributed by atoms with van der Waals surface area (Å²) in [5.41, 5.74) is 1.68. The molecule has 0 unspecified atom stereocenters. The number of halogens is 1. The van der Waals surface area contributed by atoms with Crippen molar-refractivity contribution in [1.29, 1.82) is 0 Å². The van der Waals surface area contributed by atoms with Gasteiger partial charge in [0, 0.05) is 21.6 Å². The molecule has 2 aromatic carbocycles. The molecule has 3 aromatic rings. The molecule has 0 radical (unpaired) electrons. The van der Waals surface area contributed by atoms with Gasteiger partial charge in [0.05, 0.1) is 10.4 Å². The normalized spacial score (nSPS) is 15.0. The lowest BCUT2D eigenvalue weighted by molar-refractivity contribution is -0.115. The van der Waals surface area contributed by atoms with Crippen LogP contribution in [0.5, 0.6) is 11.5 Å². The SMILES string of the molecule is O=C1NC(=S)SC1=Cc1cc(Br)ccc1OCCOc1ccnc2ccccc12. The Morgan fingerprint density at radius 3 is 2.69 bits per heavy atom. The number of nitrogens with one attached hydrogen (secondary N) is 1. The standard InChI is InChI=1S/C21H15BrN2O3S2/c22-14-5-6-17(13(11-14)12-19-20(25)24-21(28)29-19)26-9-10-27-18-7-8-23-16-4-2-1-3-15(16)18/h1-8,11-12H,9-10H2,(H,24,25,28). The van der Waals surface area contributed by atoms with Gasteiger partial charge in [0.1, 0.15) is 29.0 Å². The summed E-state index contributed by atoms with van der Waals surface area (Å²) in [6.45, 7) is 0.728. The lowest BCUT2D eigenvalue weighted by Gasteiger charge is -2.12. The number of carbonyl (C=O) groups is 1. The third kappa shape index (κ3) is 4.77. The Labute approximate surface area is 185 Å². The number of pyridine rings is 1. The zero-order chi connectivity index (χ0) is 20.2. The van der Waals surface area contributed by atoms with Gasteiger partial charge >= 0.3 is 0 Å². The van der Waals surface area contributed by atoms with Gasteiger partial charge in [-0.1, -0.05) is 52.0 Å². The average Bonchev–Trinajstić information content (AvgIpc) is 3.03. The van der Waals surface area contributed by atoms with Crippen LogP contribution >= 0.6 is 39.9 Å². The number of fused-ring (bicyclic) bond motifs is 1. The van der Waals surface area contributed by atoms with Crippen LogP contribution in [0, 0.1) is 0 Å². The zero-order valence-electron chi connectivity index (χ0n) is 15.1. The molecule has 1 fully saturated rings. The molecule has 1 aromatic heterocycles. The van der Waals surface area contributed by atoms with Crippen LogP contribution in [0.25, 0.3) is 17.0 Å². The Balaban J connectivity index is 1.44. The Bertz CT molecular complexity index is 1130. The molecule has 29 heavy (non-hydrogen) atoms. The minimum absolute atomic E-state index is 0.196. The predicted molar refractivity (Wildman–Crippen MR) is 123 cm³/mol. The Kier molecular flexibility index (Phi) is 6.13. The van der Waals surface area contributed by atoms with Crippen LogP contribution < -0.4 is 14.8 Å². The van der Waals surface area contributed by atoms with Crippen molar-refractivity contribution in [3.8, 4) is 11.5 Å². The second kappa shape index (κ2) is 8.94. The monoisotopic (exact) mass is 486 g/mol. The van der Waals surface area contributed by atoms with Gasteiger partial charge in [-0.25, -0.2) is 0 Å². The molecule has 1 aliphatic rings. The fourth-order valence-electron chi connectivity index (χ4n) is 2.82. The third-order valence-electron chi connectivity index (χ3n) is 4.11. The number of carbonyl (C=O) groups excluding carboxylic acids is 1. The fourth-order valence-corrected chi connectivity index (χ4v) is 4.24. The van der Waals surface area contributed by atoms with Crippen molar-refractivity contribution < 1.29 is 14.3 Å². The maximum absolute atomic E-state index is 11.9. The van der Waals surface area contributed by atoms with Crippen LogP contribution in [0.4, 0.5) is 0 Å². The largest absolute Gasteiger partial charge is 0.489 e. The van der Waals surface area contributed by atoms with E-state index in [0.717, 1.165) is 26.7 Å². The number of rotatable bonds is 6. The second-order valence-corrected chi connectivity index (χ2v) is 8.69. The first kappa shape index (κ1) is 19.9. The highest BCUT2D eigenvalue weighted by Gasteiger charge is 2.22. The molecule has 1 saturated heterocycles. The van der Waals surface area contributed by atoms with E-state index in [0.29, 0.717) is 28.2 Å². The molecule has 0 spiro atoms. The highest BCUT2D eigenvalue weighted by Crippen LogP contribution is 2.31. The summed E-state index contributed by atoms with van der Waals surface area (Å²) in [5.74, 6) is 1.24. The van der Waals surface area contributed by atoms with Crippen LogP contribution in [0.15, 0.2) is 64.1 Å². The summed E-state index contributed by atoms with van der Waals surface area (Å²) in [6, 6.07) is 15.3. The van der Waals surface area contributed by atoms with Crippen molar-refractivity contribution in [2.75, 3.05) is 13.2 Å². The Morgan fingerprint density at radius 2 is 1.90 bits per heavy atom. The lowest BCUT2D eigenvalue weighted by atomic mass is 10.2. The molecule has 2 heterocycles. The summed E-state index contributed by atoms with van der Waals surface area (Å²) >= 11 is 9.74. The number of hydrogen-bond donors (Lipinski definition) is 1. The van der Waals surface area contributed by atoms with Crippen LogP contribution in [0.1, 0.15) is 5.56 Å². The van der Waals surface area contributed by atoms with Crippen molar-refractivity contribution in [3.05, 3.63) is 69.7 Å². The minimum Gasteiger partial charge on any atom is -0.489 e. The van der Waals surface area contributed by atoms with Gasteiger partial charge < -0.3 is 14.8 Å². The van der Waals surface area contributed by atoms with E-state index in [1.807, 2.05) is 48.5 Å². The molecule has 5 nitrogen and oxygen atoms in total. The van der Waals surface area contributed by atoms with Crippen LogP contribution in [-0.2, 0) is 4.79 Å². The first-order valence-electron chi connectivity index (χ1n) is 8.74. The van der Waals surface area contributed by atoms with E-state index in [2.05, 4.69) is 26.2 Å². The number of amides is 1. The van der Waals surface area contributed by atoms with Crippen molar-refractivity contribution in [2.45, 2.75) is 0 Å². The van der Waals surface area contributed by atoms with Gasteiger partial charge in [0.15, 0.2) is 0 Å². The fraction of sp³-hybridized carbons (Fsp3) is 0.0952. The topological polar surface area (TPSA) is 60.5 Å². The Hall–Kier alpha value is -2.42. The minimum atomic E-state index is -0.196. The maximum Gasteiger partial charge on any atom is 0.263 e. The van der Waals surface area contributed by atoms with Crippen LogP contribution in [-0.4, -0.2) is 28.4 Å². The number of thioether (sulfide) groups is 1. The lowest BCUT2D eigenvalue weighted by Crippen LogP contribution is -2.17.